The molecular weight excluding hydrogens is 284 g/mol. The van der Waals surface area contributed by atoms with Crippen LogP contribution >= 0.6 is 11.8 Å². The van der Waals surface area contributed by atoms with E-state index in [1.54, 1.807) is 0 Å². The molecule has 0 fully saturated rings. The van der Waals surface area contributed by atoms with Crippen LogP contribution in [0.25, 0.3) is 6.08 Å². The Kier molecular flexibility index (Phi) is 5.12. The van der Waals surface area contributed by atoms with Crippen molar-refractivity contribution >= 4 is 17.8 Å². The lowest BCUT2D eigenvalue weighted by Gasteiger charge is -2.08. The Labute approximate surface area is 136 Å². The Bertz CT molecular complexity index is 672. The van der Waals surface area contributed by atoms with Gasteiger partial charge < -0.3 is 0 Å². The molecule has 0 aliphatic heterocycles. The van der Waals surface area contributed by atoms with Crippen LogP contribution in [0.3, 0.4) is 0 Å². The van der Waals surface area contributed by atoms with E-state index >= 15 is 0 Å². The van der Waals surface area contributed by atoms with Crippen LogP contribution in [0.15, 0.2) is 101 Å². The number of allylic oxidation sites excluding steroid dienone is 1. The summed E-state index contributed by atoms with van der Waals surface area (Å²) in [5.74, 6) is 0. The van der Waals surface area contributed by atoms with Crippen molar-refractivity contribution in [2.45, 2.75) is 11.3 Å². The van der Waals surface area contributed by atoms with E-state index in [1.807, 2.05) is 11.8 Å². The fraction of sp³-hybridized carbons (Fsp3) is 0.0476. The van der Waals surface area contributed by atoms with Gasteiger partial charge in [-0.15, -0.1) is 0 Å². The fourth-order valence-corrected chi connectivity index (χ4v) is 3.32. The highest BCUT2D eigenvalue weighted by Gasteiger charge is 2.03. The van der Waals surface area contributed by atoms with Crippen molar-refractivity contribution in [3.8, 4) is 0 Å². The van der Waals surface area contributed by atoms with E-state index in [4.69, 9.17) is 0 Å². The number of rotatable bonds is 5. The third kappa shape index (κ3) is 4.37. The third-order valence-electron chi connectivity index (χ3n) is 3.34. The fourth-order valence-electron chi connectivity index (χ4n) is 2.29. The maximum Gasteiger partial charge on any atom is 0.0119 e. The molecule has 0 amide bonds. The molecule has 3 aromatic carbocycles. The first-order valence-electron chi connectivity index (χ1n) is 7.42. The zero-order valence-electron chi connectivity index (χ0n) is 12.4. The minimum Gasteiger partial charge on any atom is -0.0942 e. The van der Waals surface area contributed by atoms with Gasteiger partial charge in [0.25, 0.3) is 0 Å². The van der Waals surface area contributed by atoms with Gasteiger partial charge in [0.2, 0.25) is 0 Å². The van der Waals surface area contributed by atoms with Crippen LogP contribution in [0.2, 0.25) is 0 Å². The van der Waals surface area contributed by atoms with Crippen LogP contribution in [0.1, 0.15) is 11.1 Å². The van der Waals surface area contributed by atoms with Gasteiger partial charge in [0.05, 0.1) is 0 Å². The summed E-state index contributed by atoms with van der Waals surface area (Å²) in [6.45, 7) is 0. The second kappa shape index (κ2) is 7.67. The Morgan fingerprint density at radius 1 is 0.682 bits per heavy atom. The summed E-state index contributed by atoms with van der Waals surface area (Å²) in [4.78, 5) is 2.63. The smallest absolute Gasteiger partial charge is 0.0119 e. The second-order valence-corrected chi connectivity index (χ2v) is 6.30. The molecule has 3 aromatic rings. The molecule has 0 saturated carbocycles. The molecule has 0 nitrogen and oxygen atoms in total. The topological polar surface area (TPSA) is 0 Å². The highest BCUT2D eigenvalue weighted by molar-refractivity contribution is 8.03. The molecule has 0 aliphatic rings. The van der Waals surface area contributed by atoms with Gasteiger partial charge in [-0.1, -0.05) is 90.6 Å². The van der Waals surface area contributed by atoms with E-state index in [0.717, 1.165) is 6.42 Å². The van der Waals surface area contributed by atoms with Crippen molar-refractivity contribution in [3.05, 3.63) is 107 Å². The normalized spacial score (nSPS) is 11.4. The predicted octanol–water partition coefficient (Wildman–Crippen LogP) is 6.06. The summed E-state index contributed by atoms with van der Waals surface area (Å²) in [6, 6.07) is 31.7. The Hall–Kier alpha value is -2.25. The SMILES string of the molecule is C(=C(\Cc1ccccc1)Sc1ccccc1)/c1ccccc1. The lowest BCUT2D eigenvalue weighted by atomic mass is 10.1. The molecule has 0 N–H and O–H groups in total. The van der Waals surface area contributed by atoms with Crippen molar-refractivity contribution < 1.29 is 0 Å². The van der Waals surface area contributed by atoms with E-state index in [0.29, 0.717) is 0 Å². The molecule has 0 spiro atoms. The molecule has 1 heteroatoms. The highest BCUT2D eigenvalue weighted by atomic mass is 32.2. The molecule has 0 aromatic heterocycles. The maximum absolute atomic E-state index is 2.28. The monoisotopic (exact) mass is 302 g/mol. The quantitative estimate of drug-likeness (QED) is 0.516. The molecule has 0 unspecified atom stereocenters. The van der Waals surface area contributed by atoms with E-state index in [-0.39, 0.29) is 0 Å². The summed E-state index contributed by atoms with van der Waals surface area (Å²) in [5, 5.41) is 0. The first-order valence-corrected chi connectivity index (χ1v) is 8.24. The molecule has 0 saturated heterocycles. The summed E-state index contributed by atoms with van der Waals surface area (Å²) in [7, 11) is 0. The second-order valence-electron chi connectivity index (χ2n) is 5.10. The van der Waals surface area contributed by atoms with Crippen LogP contribution in [0.4, 0.5) is 0 Å². The van der Waals surface area contributed by atoms with E-state index in [1.165, 1.54) is 20.9 Å². The zero-order chi connectivity index (χ0) is 15.0. The summed E-state index contributed by atoms with van der Waals surface area (Å²) in [6.07, 6.45) is 3.24. The Balaban J connectivity index is 1.86. The predicted molar refractivity (Wildman–Crippen MR) is 96.9 cm³/mol. The standard InChI is InChI=1S/C21H18S/c1-4-10-18(11-5-1)16-21(17-19-12-6-2-7-13-19)22-20-14-8-3-9-15-20/h1-16H,17H2/b21-16-. The van der Waals surface area contributed by atoms with E-state index < -0.39 is 0 Å². The average Bonchev–Trinajstić information content (AvgIpc) is 2.57. The largest absolute Gasteiger partial charge is 0.0942 e. The van der Waals surface area contributed by atoms with Crippen LogP contribution in [-0.4, -0.2) is 0 Å². The van der Waals surface area contributed by atoms with Gasteiger partial charge in [-0.2, -0.15) is 0 Å². The number of hydrogen-bond donors (Lipinski definition) is 0. The lowest BCUT2D eigenvalue weighted by Crippen LogP contribution is -1.87. The number of hydrogen-bond acceptors (Lipinski definition) is 1. The minimum absolute atomic E-state index is 0.954. The summed E-state index contributed by atoms with van der Waals surface area (Å²) >= 11 is 1.84. The van der Waals surface area contributed by atoms with Crippen molar-refractivity contribution in [3.63, 3.8) is 0 Å². The van der Waals surface area contributed by atoms with Gasteiger partial charge in [-0.25, -0.2) is 0 Å². The van der Waals surface area contributed by atoms with Gasteiger partial charge in [0.15, 0.2) is 0 Å². The molecule has 0 aliphatic carbocycles. The zero-order valence-corrected chi connectivity index (χ0v) is 13.2. The van der Waals surface area contributed by atoms with Crippen molar-refractivity contribution in [2.75, 3.05) is 0 Å². The third-order valence-corrected chi connectivity index (χ3v) is 4.37. The average molecular weight is 302 g/mol. The van der Waals surface area contributed by atoms with Crippen molar-refractivity contribution in [1.29, 1.82) is 0 Å². The first-order chi connectivity index (χ1) is 10.9. The molecule has 0 heterocycles. The van der Waals surface area contributed by atoms with Gasteiger partial charge in [-0.05, 0) is 34.2 Å². The van der Waals surface area contributed by atoms with Gasteiger partial charge in [0.1, 0.15) is 0 Å². The van der Waals surface area contributed by atoms with Crippen LogP contribution in [0, 0.1) is 0 Å². The molecule has 22 heavy (non-hydrogen) atoms. The molecule has 3 rings (SSSR count). The molecular formula is C21H18S. The molecule has 0 radical (unpaired) electrons. The van der Waals surface area contributed by atoms with Gasteiger partial charge in [0, 0.05) is 11.3 Å². The molecule has 0 bridgehead atoms. The van der Waals surface area contributed by atoms with E-state index in [9.17, 15) is 0 Å². The minimum atomic E-state index is 0.954. The maximum atomic E-state index is 2.28. The highest BCUT2D eigenvalue weighted by Crippen LogP contribution is 2.30. The lowest BCUT2D eigenvalue weighted by molar-refractivity contribution is 1.25. The Morgan fingerprint density at radius 3 is 1.86 bits per heavy atom. The van der Waals surface area contributed by atoms with Crippen molar-refractivity contribution in [2.24, 2.45) is 0 Å². The van der Waals surface area contributed by atoms with Crippen LogP contribution < -0.4 is 0 Å². The van der Waals surface area contributed by atoms with Crippen LogP contribution in [-0.2, 0) is 6.42 Å². The van der Waals surface area contributed by atoms with Gasteiger partial charge in [-0.3, -0.25) is 0 Å². The Morgan fingerprint density at radius 2 is 1.23 bits per heavy atom. The number of thioether (sulfide) groups is 1. The number of benzene rings is 3. The molecule has 0 atom stereocenters. The molecule has 108 valence electrons. The van der Waals surface area contributed by atoms with E-state index in [2.05, 4.69) is 97.1 Å². The van der Waals surface area contributed by atoms with Gasteiger partial charge >= 0.3 is 0 Å². The van der Waals surface area contributed by atoms with Crippen molar-refractivity contribution in [1.82, 2.24) is 0 Å². The summed E-state index contributed by atoms with van der Waals surface area (Å²) < 4.78 is 0. The first kappa shape index (κ1) is 14.7. The van der Waals surface area contributed by atoms with Crippen LogP contribution in [0.5, 0.6) is 0 Å². The summed E-state index contributed by atoms with van der Waals surface area (Å²) in [5.41, 5.74) is 2.59.